The van der Waals surface area contributed by atoms with Crippen molar-refractivity contribution in [3.63, 3.8) is 0 Å². The lowest BCUT2D eigenvalue weighted by Crippen LogP contribution is -2.42. The highest BCUT2D eigenvalue weighted by atomic mass is 19.1. The number of halogens is 2. The fourth-order valence-corrected chi connectivity index (χ4v) is 3.36. The molecule has 10 heteroatoms. The van der Waals surface area contributed by atoms with Crippen molar-refractivity contribution in [3.8, 4) is 11.5 Å². The molecule has 0 unspecified atom stereocenters. The van der Waals surface area contributed by atoms with Gasteiger partial charge in [-0.15, -0.1) is 0 Å². The van der Waals surface area contributed by atoms with Crippen molar-refractivity contribution in [2.24, 2.45) is 0 Å². The summed E-state index contributed by atoms with van der Waals surface area (Å²) in [6.07, 6.45) is 0. The molecule has 2 aromatic rings. The van der Waals surface area contributed by atoms with E-state index in [2.05, 4.69) is 10.6 Å². The minimum Gasteiger partial charge on any atom is -0.486 e. The molecule has 8 nitrogen and oxygen atoms in total. The van der Waals surface area contributed by atoms with Crippen molar-refractivity contribution in [1.82, 2.24) is 10.2 Å². The van der Waals surface area contributed by atoms with Crippen molar-refractivity contribution in [1.29, 1.82) is 0 Å². The Morgan fingerprint density at radius 3 is 2.47 bits per heavy atom. The molecule has 1 atom stereocenters. The number of anilines is 1. The fraction of sp³-hybridized carbons (Fsp3) is 0.250. The van der Waals surface area contributed by atoms with Crippen LogP contribution in [0.25, 0.3) is 0 Å². The van der Waals surface area contributed by atoms with Crippen LogP contribution in [0.5, 0.6) is 11.5 Å². The van der Waals surface area contributed by atoms with Crippen molar-refractivity contribution in [2.45, 2.75) is 12.5 Å². The van der Waals surface area contributed by atoms with Gasteiger partial charge in [0.15, 0.2) is 11.5 Å². The number of amides is 4. The number of rotatable bonds is 4. The van der Waals surface area contributed by atoms with E-state index in [1.807, 2.05) is 0 Å². The summed E-state index contributed by atoms with van der Waals surface area (Å²) in [7, 11) is 0. The molecule has 0 bridgehead atoms. The van der Waals surface area contributed by atoms with Gasteiger partial charge >= 0.3 is 6.03 Å². The predicted molar refractivity (Wildman–Crippen MR) is 100 cm³/mol. The summed E-state index contributed by atoms with van der Waals surface area (Å²) in [5, 5.41) is 4.85. The summed E-state index contributed by atoms with van der Waals surface area (Å²) in [6.45, 7) is 1.67. The third-order valence-electron chi connectivity index (χ3n) is 4.84. The quantitative estimate of drug-likeness (QED) is 0.743. The average molecular weight is 417 g/mol. The Hall–Kier alpha value is -3.69. The number of carbonyl (C=O) groups excluding carboxylic acids is 3. The maximum Gasteiger partial charge on any atom is 0.325 e. The first-order chi connectivity index (χ1) is 14.3. The van der Waals surface area contributed by atoms with E-state index in [-0.39, 0.29) is 5.69 Å². The number of fused-ring (bicyclic) bond motifs is 1. The van der Waals surface area contributed by atoms with Crippen LogP contribution in [0.1, 0.15) is 12.5 Å². The molecule has 0 aromatic heterocycles. The Morgan fingerprint density at radius 1 is 1.10 bits per heavy atom. The SMILES string of the molecule is C[C@@]1(c2ccc3c(c2)OCCO3)NC(=O)N(CC(=O)Nc2cc(F)cc(F)c2)C1=O. The third kappa shape index (κ3) is 3.51. The summed E-state index contributed by atoms with van der Waals surface area (Å²) in [5.41, 5.74) is -1.09. The highest BCUT2D eigenvalue weighted by Crippen LogP contribution is 2.36. The second-order valence-corrected chi connectivity index (χ2v) is 7.01. The summed E-state index contributed by atoms with van der Waals surface area (Å²) in [6, 6.07) is 6.61. The molecule has 0 saturated carbocycles. The largest absolute Gasteiger partial charge is 0.486 e. The summed E-state index contributed by atoms with van der Waals surface area (Å²) >= 11 is 0. The zero-order chi connectivity index (χ0) is 21.5. The zero-order valence-electron chi connectivity index (χ0n) is 15.8. The fourth-order valence-electron chi connectivity index (χ4n) is 3.36. The van der Waals surface area contributed by atoms with E-state index in [9.17, 15) is 23.2 Å². The van der Waals surface area contributed by atoms with Crippen molar-refractivity contribution in [2.75, 3.05) is 25.1 Å². The summed E-state index contributed by atoms with van der Waals surface area (Å²) < 4.78 is 37.5. The Morgan fingerprint density at radius 2 is 1.77 bits per heavy atom. The Balaban J connectivity index is 1.51. The van der Waals surface area contributed by atoms with Crippen LogP contribution in [0.3, 0.4) is 0 Å². The average Bonchev–Trinajstić information content (AvgIpc) is 2.91. The molecule has 4 rings (SSSR count). The van der Waals surface area contributed by atoms with E-state index >= 15 is 0 Å². The minimum atomic E-state index is -1.42. The van der Waals surface area contributed by atoms with Crippen LogP contribution in [0.15, 0.2) is 36.4 Å². The van der Waals surface area contributed by atoms with E-state index in [4.69, 9.17) is 9.47 Å². The van der Waals surface area contributed by atoms with E-state index in [1.54, 1.807) is 18.2 Å². The van der Waals surface area contributed by atoms with E-state index in [0.717, 1.165) is 17.0 Å². The minimum absolute atomic E-state index is 0.126. The van der Waals surface area contributed by atoms with Crippen molar-refractivity contribution >= 4 is 23.5 Å². The van der Waals surface area contributed by atoms with Gasteiger partial charge in [0.2, 0.25) is 5.91 Å². The molecule has 2 aliphatic rings. The van der Waals surface area contributed by atoms with Gasteiger partial charge in [-0.1, -0.05) is 6.07 Å². The number of hydrogen-bond donors (Lipinski definition) is 2. The standard InChI is InChI=1S/C20H17F2N3O5/c1-20(11-2-3-15-16(6-11)30-5-4-29-15)18(27)25(19(28)24-20)10-17(26)23-14-8-12(21)7-13(22)9-14/h2-3,6-9H,4-5,10H2,1H3,(H,23,26)(H,24,28)/t20-/m0/s1. The first-order valence-electron chi connectivity index (χ1n) is 9.06. The molecule has 156 valence electrons. The van der Waals surface area contributed by atoms with Gasteiger partial charge in [-0.2, -0.15) is 0 Å². The maximum atomic E-state index is 13.3. The molecule has 1 saturated heterocycles. The van der Waals surface area contributed by atoms with Crippen LogP contribution in [0.2, 0.25) is 0 Å². The van der Waals surface area contributed by atoms with Crippen LogP contribution in [0.4, 0.5) is 19.3 Å². The number of urea groups is 1. The number of nitrogens with one attached hydrogen (secondary N) is 2. The van der Waals surface area contributed by atoms with Gasteiger partial charge in [0, 0.05) is 11.8 Å². The smallest absolute Gasteiger partial charge is 0.325 e. The molecule has 2 aromatic carbocycles. The number of hydrogen-bond acceptors (Lipinski definition) is 5. The second kappa shape index (κ2) is 7.29. The molecule has 2 heterocycles. The van der Waals surface area contributed by atoms with Gasteiger partial charge in [-0.25, -0.2) is 13.6 Å². The lowest BCUT2D eigenvalue weighted by atomic mass is 9.91. The molecule has 2 aliphatic heterocycles. The molecular formula is C20H17F2N3O5. The van der Waals surface area contributed by atoms with Crippen LogP contribution in [-0.2, 0) is 15.1 Å². The Kier molecular flexibility index (Phi) is 4.76. The molecule has 1 fully saturated rings. The Bertz CT molecular complexity index is 1040. The number of carbonyl (C=O) groups is 3. The van der Waals surface area contributed by atoms with Crippen LogP contribution >= 0.6 is 0 Å². The number of imide groups is 1. The van der Waals surface area contributed by atoms with E-state index in [1.165, 1.54) is 6.92 Å². The lowest BCUT2D eigenvalue weighted by molar-refractivity contribution is -0.133. The van der Waals surface area contributed by atoms with Crippen LogP contribution in [-0.4, -0.2) is 42.5 Å². The monoisotopic (exact) mass is 417 g/mol. The van der Waals surface area contributed by atoms with E-state index < -0.39 is 41.6 Å². The Labute approximate surface area is 169 Å². The van der Waals surface area contributed by atoms with Crippen LogP contribution < -0.4 is 20.1 Å². The maximum absolute atomic E-state index is 13.3. The highest BCUT2D eigenvalue weighted by molar-refractivity contribution is 6.10. The molecule has 0 radical (unpaired) electrons. The lowest BCUT2D eigenvalue weighted by Gasteiger charge is -2.25. The molecular weight excluding hydrogens is 400 g/mol. The first-order valence-corrected chi connectivity index (χ1v) is 9.06. The molecule has 0 spiro atoms. The molecule has 2 N–H and O–H groups in total. The highest BCUT2D eigenvalue weighted by Gasteiger charge is 2.49. The first kappa shape index (κ1) is 19.6. The number of benzene rings is 2. The van der Waals surface area contributed by atoms with Gasteiger partial charge in [0.1, 0.15) is 36.9 Å². The normalized spacial score (nSPS) is 20.2. The molecule has 4 amide bonds. The van der Waals surface area contributed by atoms with Gasteiger partial charge < -0.3 is 20.1 Å². The zero-order valence-corrected chi connectivity index (χ0v) is 15.8. The number of ether oxygens (including phenoxy) is 2. The third-order valence-corrected chi connectivity index (χ3v) is 4.84. The van der Waals surface area contributed by atoms with Crippen molar-refractivity contribution in [3.05, 3.63) is 53.6 Å². The molecule has 30 heavy (non-hydrogen) atoms. The van der Waals surface area contributed by atoms with Crippen LogP contribution in [0, 0.1) is 11.6 Å². The second-order valence-electron chi connectivity index (χ2n) is 7.01. The van der Waals surface area contributed by atoms with Gasteiger partial charge in [0.25, 0.3) is 5.91 Å². The topological polar surface area (TPSA) is 97.0 Å². The van der Waals surface area contributed by atoms with Gasteiger partial charge in [0.05, 0.1) is 0 Å². The van der Waals surface area contributed by atoms with E-state index in [0.29, 0.717) is 36.3 Å². The van der Waals surface area contributed by atoms with Gasteiger partial charge in [-0.05, 0) is 36.8 Å². The summed E-state index contributed by atoms with van der Waals surface area (Å²) in [5.74, 6) is -2.19. The van der Waals surface area contributed by atoms with Crippen molar-refractivity contribution < 1.29 is 32.6 Å². The van der Waals surface area contributed by atoms with Gasteiger partial charge in [-0.3, -0.25) is 14.5 Å². The summed E-state index contributed by atoms with van der Waals surface area (Å²) in [4.78, 5) is 38.4. The predicted octanol–water partition coefficient (Wildman–Crippen LogP) is 2.14. The number of nitrogens with zero attached hydrogens (tertiary/aromatic N) is 1. The molecule has 0 aliphatic carbocycles.